The van der Waals surface area contributed by atoms with E-state index in [0.29, 0.717) is 12.1 Å². The molecule has 0 aromatic heterocycles. The number of hydrogen-bond donors (Lipinski definition) is 2. The summed E-state index contributed by atoms with van der Waals surface area (Å²) in [5, 5.41) is 7.10. The number of hydrogen-bond acceptors (Lipinski definition) is 2. The van der Waals surface area contributed by atoms with Crippen molar-refractivity contribution in [3.05, 3.63) is 30.3 Å². The van der Waals surface area contributed by atoms with Crippen molar-refractivity contribution in [2.75, 3.05) is 11.9 Å². The summed E-state index contributed by atoms with van der Waals surface area (Å²) in [5.41, 5.74) is 1.22. The first-order chi connectivity index (χ1) is 7.34. The van der Waals surface area contributed by atoms with Gasteiger partial charge in [0.15, 0.2) is 0 Å². The minimum Gasteiger partial charge on any atom is -0.383 e. The van der Waals surface area contributed by atoms with Crippen LogP contribution in [0.1, 0.15) is 26.2 Å². The lowest BCUT2D eigenvalue weighted by molar-refractivity contribution is 0.345. The molecule has 0 bridgehead atoms. The van der Waals surface area contributed by atoms with Crippen LogP contribution in [-0.2, 0) is 0 Å². The van der Waals surface area contributed by atoms with E-state index in [1.807, 2.05) is 6.07 Å². The molecular formula is C13H20N2. The first-order valence-corrected chi connectivity index (χ1v) is 5.89. The summed E-state index contributed by atoms with van der Waals surface area (Å²) in [4.78, 5) is 0. The molecule has 1 fully saturated rings. The highest BCUT2D eigenvalue weighted by Gasteiger charge is 2.16. The molecule has 15 heavy (non-hydrogen) atoms. The first-order valence-electron chi connectivity index (χ1n) is 5.89. The molecule has 0 unspecified atom stereocenters. The van der Waals surface area contributed by atoms with Gasteiger partial charge < -0.3 is 10.6 Å². The quantitative estimate of drug-likeness (QED) is 0.791. The summed E-state index contributed by atoms with van der Waals surface area (Å²) in [6.45, 7) is 3.31. The molecule has 1 saturated heterocycles. The number of anilines is 1. The van der Waals surface area contributed by atoms with Crippen molar-refractivity contribution >= 4 is 5.69 Å². The van der Waals surface area contributed by atoms with E-state index in [1.54, 1.807) is 0 Å². The van der Waals surface area contributed by atoms with Gasteiger partial charge in [0, 0.05) is 24.3 Å². The number of piperidine rings is 1. The maximum atomic E-state index is 3.62. The zero-order valence-corrected chi connectivity index (χ0v) is 9.37. The molecule has 0 saturated carbocycles. The Kier molecular flexibility index (Phi) is 3.62. The zero-order valence-electron chi connectivity index (χ0n) is 9.37. The van der Waals surface area contributed by atoms with Crippen LogP contribution in [0.3, 0.4) is 0 Å². The number of nitrogens with one attached hydrogen (secondary N) is 2. The Morgan fingerprint density at radius 2 is 2.07 bits per heavy atom. The average molecular weight is 204 g/mol. The molecular weight excluding hydrogens is 184 g/mol. The van der Waals surface area contributed by atoms with E-state index < -0.39 is 0 Å². The normalized spacial score (nSPS) is 26.2. The number of para-hydroxylation sites is 1. The van der Waals surface area contributed by atoms with E-state index in [-0.39, 0.29) is 0 Å². The van der Waals surface area contributed by atoms with Crippen LogP contribution in [-0.4, -0.2) is 18.6 Å². The first kappa shape index (κ1) is 10.5. The second-order valence-electron chi connectivity index (χ2n) is 4.44. The van der Waals surface area contributed by atoms with Gasteiger partial charge in [0.05, 0.1) is 0 Å². The Labute approximate surface area is 92.1 Å². The lowest BCUT2D eigenvalue weighted by Gasteiger charge is -2.29. The molecule has 1 heterocycles. The topological polar surface area (TPSA) is 24.1 Å². The van der Waals surface area contributed by atoms with Crippen molar-refractivity contribution in [2.24, 2.45) is 0 Å². The molecule has 2 atom stereocenters. The minimum absolute atomic E-state index is 0.633. The van der Waals surface area contributed by atoms with E-state index >= 15 is 0 Å². The molecule has 2 nitrogen and oxygen atoms in total. The van der Waals surface area contributed by atoms with Gasteiger partial charge >= 0.3 is 0 Å². The Balaban J connectivity index is 1.78. The maximum Gasteiger partial charge on any atom is 0.0340 e. The van der Waals surface area contributed by atoms with Gasteiger partial charge in [0.2, 0.25) is 0 Å². The van der Waals surface area contributed by atoms with E-state index in [9.17, 15) is 0 Å². The Hall–Kier alpha value is -1.02. The van der Waals surface area contributed by atoms with Crippen LogP contribution < -0.4 is 10.6 Å². The summed E-state index contributed by atoms with van der Waals surface area (Å²) >= 11 is 0. The molecule has 0 spiro atoms. The van der Waals surface area contributed by atoms with Gasteiger partial charge in [-0.2, -0.15) is 0 Å². The van der Waals surface area contributed by atoms with Crippen molar-refractivity contribution in [2.45, 2.75) is 38.3 Å². The third-order valence-corrected chi connectivity index (χ3v) is 3.04. The smallest absolute Gasteiger partial charge is 0.0340 e. The van der Waals surface area contributed by atoms with Gasteiger partial charge in [-0.3, -0.25) is 0 Å². The number of rotatable bonds is 3. The maximum absolute atomic E-state index is 3.62. The van der Waals surface area contributed by atoms with Gasteiger partial charge in [0.1, 0.15) is 0 Å². The summed E-state index contributed by atoms with van der Waals surface area (Å²) in [7, 11) is 0. The van der Waals surface area contributed by atoms with Crippen LogP contribution in [0.2, 0.25) is 0 Å². The molecule has 2 heteroatoms. The van der Waals surface area contributed by atoms with Crippen molar-refractivity contribution in [1.82, 2.24) is 5.32 Å². The van der Waals surface area contributed by atoms with Gasteiger partial charge in [-0.15, -0.1) is 0 Å². The minimum atomic E-state index is 0.633. The highest BCUT2D eigenvalue weighted by atomic mass is 15.0. The van der Waals surface area contributed by atoms with Gasteiger partial charge in [-0.25, -0.2) is 0 Å². The molecule has 2 rings (SSSR count). The zero-order chi connectivity index (χ0) is 10.5. The molecule has 1 aromatic carbocycles. The SMILES string of the molecule is C[C@H]1CCC[C@@H](CNc2ccccc2)N1. The van der Waals surface area contributed by atoms with E-state index in [4.69, 9.17) is 0 Å². The molecule has 1 aliphatic rings. The van der Waals surface area contributed by atoms with Crippen molar-refractivity contribution in [3.63, 3.8) is 0 Å². The summed E-state index contributed by atoms with van der Waals surface area (Å²) in [6.07, 6.45) is 3.97. The van der Waals surface area contributed by atoms with Crippen LogP contribution >= 0.6 is 0 Å². The molecule has 1 aliphatic heterocycles. The predicted octanol–water partition coefficient (Wildman–Crippen LogP) is 2.63. The summed E-state index contributed by atoms with van der Waals surface area (Å²) in [5.74, 6) is 0. The number of benzene rings is 1. The fraction of sp³-hybridized carbons (Fsp3) is 0.538. The Morgan fingerprint density at radius 3 is 2.80 bits per heavy atom. The second kappa shape index (κ2) is 5.17. The third kappa shape index (κ3) is 3.24. The van der Waals surface area contributed by atoms with Crippen LogP contribution in [0, 0.1) is 0 Å². The Bertz CT molecular complexity index is 284. The Morgan fingerprint density at radius 1 is 1.27 bits per heavy atom. The summed E-state index contributed by atoms with van der Waals surface area (Å²) in [6, 6.07) is 11.7. The summed E-state index contributed by atoms with van der Waals surface area (Å²) < 4.78 is 0. The monoisotopic (exact) mass is 204 g/mol. The lowest BCUT2D eigenvalue weighted by Crippen LogP contribution is -2.44. The fourth-order valence-electron chi connectivity index (χ4n) is 2.20. The predicted molar refractivity (Wildman–Crippen MR) is 65.2 cm³/mol. The van der Waals surface area contributed by atoms with Crippen molar-refractivity contribution < 1.29 is 0 Å². The highest BCUT2D eigenvalue weighted by molar-refractivity contribution is 5.42. The van der Waals surface area contributed by atoms with Crippen LogP contribution in [0.5, 0.6) is 0 Å². The molecule has 0 amide bonds. The van der Waals surface area contributed by atoms with Gasteiger partial charge in [-0.05, 0) is 31.9 Å². The third-order valence-electron chi connectivity index (χ3n) is 3.04. The van der Waals surface area contributed by atoms with E-state index in [0.717, 1.165) is 6.54 Å². The highest BCUT2D eigenvalue weighted by Crippen LogP contribution is 2.13. The molecule has 2 N–H and O–H groups in total. The molecule has 1 aromatic rings. The molecule has 82 valence electrons. The van der Waals surface area contributed by atoms with E-state index in [2.05, 4.69) is 41.8 Å². The van der Waals surface area contributed by atoms with E-state index in [1.165, 1.54) is 24.9 Å². The van der Waals surface area contributed by atoms with Crippen LogP contribution in [0.15, 0.2) is 30.3 Å². The lowest BCUT2D eigenvalue weighted by atomic mass is 9.99. The fourth-order valence-corrected chi connectivity index (χ4v) is 2.20. The largest absolute Gasteiger partial charge is 0.383 e. The van der Waals surface area contributed by atoms with Crippen molar-refractivity contribution in [3.8, 4) is 0 Å². The van der Waals surface area contributed by atoms with Crippen LogP contribution in [0.25, 0.3) is 0 Å². The van der Waals surface area contributed by atoms with Gasteiger partial charge in [-0.1, -0.05) is 24.6 Å². The van der Waals surface area contributed by atoms with Gasteiger partial charge in [0.25, 0.3) is 0 Å². The average Bonchev–Trinajstić information content (AvgIpc) is 2.28. The molecule has 0 radical (unpaired) electrons. The van der Waals surface area contributed by atoms with Crippen LogP contribution in [0.4, 0.5) is 5.69 Å². The molecule has 0 aliphatic carbocycles. The second-order valence-corrected chi connectivity index (χ2v) is 4.44. The van der Waals surface area contributed by atoms with Crippen molar-refractivity contribution in [1.29, 1.82) is 0 Å². The standard InChI is InChI=1S/C13H20N2/c1-11-6-5-9-13(15-11)10-14-12-7-3-2-4-8-12/h2-4,7-8,11,13-15H,5-6,9-10H2,1H3/t11-,13-/m0/s1.